The Morgan fingerprint density at radius 1 is 0.900 bits per heavy atom. The van der Waals surface area contributed by atoms with E-state index >= 15 is 0 Å². The molecule has 6 heteroatoms. The maximum absolute atomic E-state index is 13.0. The van der Waals surface area contributed by atoms with E-state index < -0.39 is 5.82 Å². The topological polar surface area (TPSA) is 58.2 Å². The summed E-state index contributed by atoms with van der Waals surface area (Å²) in [5.41, 5.74) is 3.00. The predicted molar refractivity (Wildman–Crippen MR) is 117 cm³/mol. The molecular weight excluding hydrogens is 403 g/mol. The normalized spacial score (nSPS) is 10.5. The molecule has 0 fully saturated rings. The Morgan fingerprint density at radius 3 is 2.37 bits per heavy atom. The molecular formula is C24H22ClFN2O2. The molecule has 2 amide bonds. The maximum Gasteiger partial charge on any atom is 0.255 e. The van der Waals surface area contributed by atoms with Crippen LogP contribution in [0.2, 0.25) is 5.02 Å². The molecule has 0 atom stereocenters. The van der Waals surface area contributed by atoms with Crippen molar-refractivity contribution >= 4 is 29.1 Å². The zero-order chi connectivity index (χ0) is 21.3. The van der Waals surface area contributed by atoms with Crippen LogP contribution in [0.1, 0.15) is 34.3 Å². The number of hydrogen-bond donors (Lipinski definition) is 2. The zero-order valence-corrected chi connectivity index (χ0v) is 17.1. The first-order chi connectivity index (χ1) is 14.5. The Bertz CT molecular complexity index is 1000. The van der Waals surface area contributed by atoms with E-state index in [9.17, 15) is 14.0 Å². The summed E-state index contributed by atoms with van der Waals surface area (Å²) in [6.45, 7) is 0.375. The van der Waals surface area contributed by atoms with E-state index in [1.54, 1.807) is 12.1 Å². The van der Waals surface area contributed by atoms with Crippen molar-refractivity contribution in [2.45, 2.75) is 25.8 Å². The van der Waals surface area contributed by atoms with Crippen LogP contribution in [-0.2, 0) is 17.8 Å². The molecule has 0 saturated heterocycles. The van der Waals surface area contributed by atoms with Crippen molar-refractivity contribution in [3.8, 4) is 0 Å². The number of halogens is 2. The van der Waals surface area contributed by atoms with Crippen molar-refractivity contribution in [3.05, 3.63) is 100 Å². The number of amides is 2. The largest absolute Gasteiger partial charge is 0.352 e. The van der Waals surface area contributed by atoms with E-state index in [2.05, 4.69) is 10.6 Å². The molecule has 0 aliphatic carbocycles. The maximum atomic E-state index is 13.0. The van der Waals surface area contributed by atoms with Crippen LogP contribution in [0.15, 0.2) is 72.8 Å². The Hall–Kier alpha value is -3.18. The van der Waals surface area contributed by atoms with Gasteiger partial charge in [0, 0.05) is 29.2 Å². The summed E-state index contributed by atoms with van der Waals surface area (Å²) >= 11 is 5.87. The van der Waals surface area contributed by atoms with Gasteiger partial charge in [0.15, 0.2) is 0 Å². The molecule has 0 aliphatic heterocycles. The summed E-state index contributed by atoms with van der Waals surface area (Å²) in [6.07, 6.45) is 2.00. The first-order valence-corrected chi connectivity index (χ1v) is 10.0. The predicted octanol–water partition coefficient (Wildman–Crippen LogP) is 5.37. The lowest BCUT2D eigenvalue weighted by atomic mass is 10.1. The molecule has 0 aromatic heterocycles. The Morgan fingerprint density at radius 2 is 1.63 bits per heavy atom. The number of carbonyl (C=O) groups is 2. The molecule has 154 valence electrons. The monoisotopic (exact) mass is 424 g/mol. The van der Waals surface area contributed by atoms with Gasteiger partial charge in [-0.05, 0) is 72.5 Å². The molecule has 0 bridgehead atoms. The standard InChI is InChI=1S/C24H22ClFN2O2/c25-20-11-7-17(8-12-20)3-2-6-23(29)27-16-18-4-1-5-22(15-18)28-24(30)19-9-13-21(26)14-10-19/h1,4-5,7-15H,2-3,6,16H2,(H,27,29)(H,28,30). The summed E-state index contributed by atoms with van der Waals surface area (Å²) in [5, 5.41) is 6.38. The number of hydrogen-bond acceptors (Lipinski definition) is 2. The molecule has 4 nitrogen and oxygen atoms in total. The number of rotatable bonds is 8. The Balaban J connectivity index is 1.45. The van der Waals surface area contributed by atoms with Gasteiger partial charge in [0.2, 0.25) is 5.91 Å². The highest BCUT2D eigenvalue weighted by Crippen LogP contribution is 2.14. The van der Waals surface area contributed by atoms with E-state index in [0.29, 0.717) is 29.2 Å². The first kappa shape index (κ1) is 21.5. The Labute approximate surface area is 180 Å². The van der Waals surface area contributed by atoms with Crippen LogP contribution in [0, 0.1) is 5.82 Å². The van der Waals surface area contributed by atoms with E-state index in [1.165, 1.54) is 24.3 Å². The van der Waals surface area contributed by atoms with Gasteiger partial charge >= 0.3 is 0 Å². The molecule has 0 unspecified atom stereocenters. The van der Waals surface area contributed by atoms with Gasteiger partial charge in [-0.15, -0.1) is 0 Å². The van der Waals surface area contributed by atoms with Gasteiger partial charge in [0.25, 0.3) is 5.91 Å². The molecule has 0 spiro atoms. The fourth-order valence-electron chi connectivity index (χ4n) is 2.96. The average Bonchev–Trinajstić information content (AvgIpc) is 2.74. The van der Waals surface area contributed by atoms with Crippen LogP contribution >= 0.6 is 11.6 Å². The second kappa shape index (κ2) is 10.6. The average molecular weight is 425 g/mol. The number of aryl methyl sites for hydroxylation is 1. The SMILES string of the molecule is O=C(CCCc1ccc(Cl)cc1)NCc1cccc(NC(=O)c2ccc(F)cc2)c1. The quantitative estimate of drug-likeness (QED) is 0.510. The van der Waals surface area contributed by atoms with Gasteiger partial charge in [0.05, 0.1) is 0 Å². The Kier molecular flexibility index (Phi) is 7.57. The minimum atomic E-state index is -0.391. The third kappa shape index (κ3) is 6.71. The number of nitrogens with one attached hydrogen (secondary N) is 2. The van der Waals surface area contributed by atoms with Crippen LogP contribution in [0.4, 0.5) is 10.1 Å². The van der Waals surface area contributed by atoms with Crippen LogP contribution in [-0.4, -0.2) is 11.8 Å². The second-order valence-electron chi connectivity index (χ2n) is 6.92. The smallest absolute Gasteiger partial charge is 0.255 e. The number of carbonyl (C=O) groups excluding carboxylic acids is 2. The molecule has 3 rings (SSSR count). The summed E-state index contributed by atoms with van der Waals surface area (Å²) in [7, 11) is 0. The van der Waals surface area contributed by atoms with Crippen LogP contribution < -0.4 is 10.6 Å². The van der Waals surface area contributed by atoms with E-state index in [0.717, 1.165) is 24.0 Å². The summed E-state index contributed by atoms with van der Waals surface area (Å²) in [6, 6.07) is 20.2. The zero-order valence-electron chi connectivity index (χ0n) is 16.3. The first-order valence-electron chi connectivity index (χ1n) is 9.66. The third-order valence-electron chi connectivity index (χ3n) is 4.56. The van der Waals surface area contributed by atoms with Crippen LogP contribution in [0.5, 0.6) is 0 Å². The van der Waals surface area contributed by atoms with Crippen LogP contribution in [0.3, 0.4) is 0 Å². The molecule has 30 heavy (non-hydrogen) atoms. The fraction of sp³-hybridized carbons (Fsp3) is 0.167. The number of anilines is 1. The van der Waals surface area contributed by atoms with Gasteiger partial charge < -0.3 is 10.6 Å². The van der Waals surface area contributed by atoms with Crippen molar-refractivity contribution in [3.63, 3.8) is 0 Å². The highest BCUT2D eigenvalue weighted by molar-refractivity contribution is 6.30. The lowest BCUT2D eigenvalue weighted by Crippen LogP contribution is -2.22. The highest BCUT2D eigenvalue weighted by atomic mass is 35.5. The van der Waals surface area contributed by atoms with Gasteiger partial charge in [-0.2, -0.15) is 0 Å². The minimum absolute atomic E-state index is 0.0234. The van der Waals surface area contributed by atoms with Gasteiger partial charge in [-0.25, -0.2) is 4.39 Å². The van der Waals surface area contributed by atoms with Crippen molar-refractivity contribution < 1.29 is 14.0 Å². The molecule has 0 radical (unpaired) electrons. The van der Waals surface area contributed by atoms with Gasteiger partial charge in [-0.3, -0.25) is 9.59 Å². The van der Waals surface area contributed by atoms with Crippen molar-refractivity contribution in [2.24, 2.45) is 0 Å². The van der Waals surface area contributed by atoms with E-state index in [4.69, 9.17) is 11.6 Å². The van der Waals surface area contributed by atoms with E-state index in [-0.39, 0.29) is 11.8 Å². The third-order valence-corrected chi connectivity index (χ3v) is 4.82. The van der Waals surface area contributed by atoms with Gasteiger partial charge in [-0.1, -0.05) is 35.9 Å². The van der Waals surface area contributed by atoms with Crippen molar-refractivity contribution in [1.82, 2.24) is 5.32 Å². The summed E-state index contributed by atoms with van der Waals surface area (Å²) < 4.78 is 13.0. The van der Waals surface area contributed by atoms with E-state index in [1.807, 2.05) is 36.4 Å². The molecule has 0 saturated carbocycles. The van der Waals surface area contributed by atoms with Crippen molar-refractivity contribution in [2.75, 3.05) is 5.32 Å². The molecule has 3 aromatic carbocycles. The van der Waals surface area contributed by atoms with Gasteiger partial charge in [0.1, 0.15) is 5.82 Å². The second-order valence-corrected chi connectivity index (χ2v) is 7.35. The summed E-state index contributed by atoms with van der Waals surface area (Å²) in [4.78, 5) is 24.3. The lowest BCUT2D eigenvalue weighted by Gasteiger charge is -2.09. The number of benzene rings is 3. The highest BCUT2D eigenvalue weighted by Gasteiger charge is 2.07. The molecule has 2 N–H and O–H groups in total. The molecule has 3 aromatic rings. The lowest BCUT2D eigenvalue weighted by molar-refractivity contribution is -0.121. The summed E-state index contributed by atoms with van der Waals surface area (Å²) in [5.74, 6) is -0.736. The molecule has 0 aliphatic rings. The van der Waals surface area contributed by atoms with Crippen LogP contribution in [0.25, 0.3) is 0 Å². The van der Waals surface area contributed by atoms with Crippen molar-refractivity contribution in [1.29, 1.82) is 0 Å². The molecule has 0 heterocycles. The fourth-order valence-corrected chi connectivity index (χ4v) is 3.08. The minimum Gasteiger partial charge on any atom is -0.352 e.